The van der Waals surface area contributed by atoms with Crippen LogP contribution in [0.15, 0.2) is 29.3 Å². The molecule has 9 heteroatoms. The van der Waals surface area contributed by atoms with Crippen molar-refractivity contribution in [1.82, 2.24) is 16.0 Å². The number of aliphatic imine (C=N–C) groups is 1. The predicted octanol–water partition coefficient (Wildman–Crippen LogP) is 3.68. The molecule has 2 unspecified atom stereocenters. The molecule has 8 nitrogen and oxygen atoms in total. The van der Waals surface area contributed by atoms with Gasteiger partial charge in [-0.3, -0.25) is 19.9 Å². The fraction of sp³-hybridized carbons (Fsp3) is 0.520. The van der Waals surface area contributed by atoms with E-state index in [-0.39, 0.29) is 17.7 Å². The van der Waals surface area contributed by atoms with Crippen LogP contribution in [0.2, 0.25) is 0 Å². The molecule has 1 aromatic carbocycles. The van der Waals surface area contributed by atoms with Crippen molar-refractivity contribution < 1.29 is 14.4 Å². The van der Waals surface area contributed by atoms with E-state index in [1.165, 1.54) is 37.0 Å². The van der Waals surface area contributed by atoms with E-state index in [4.69, 9.17) is 4.99 Å². The molecule has 2 atom stereocenters. The first-order chi connectivity index (χ1) is 16.5. The first-order valence-electron chi connectivity index (χ1n) is 12.2. The first-order valence-corrected chi connectivity index (χ1v) is 13.0. The van der Waals surface area contributed by atoms with Gasteiger partial charge in [-0.05, 0) is 31.9 Å². The Morgan fingerprint density at radius 2 is 2.03 bits per heavy atom. The van der Waals surface area contributed by atoms with Gasteiger partial charge in [0.2, 0.25) is 0 Å². The molecule has 4 N–H and O–H groups in total. The summed E-state index contributed by atoms with van der Waals surface area (Å²) < 4.78 is 0.914. The van der Waals surface area contributed by atoms with E-state index in [2.05, 4.69) is 21.3 Å². The Balaban J connectivity index is 1.51. The molecule has 3 heterocycles. The number of hydrogen-bond donors (Lipinski definition) is 4. The largest absolute Gasteiger partial charge is 0.338 e. The number of carbonyl (C=O) groups excluding carboxylic acids is 3. The maximum absolute atomic E-state index is 14.1. The van der Waals surface area contributed by atoms with Crippen LogP contribution < -0.4 is 21.3 Å². The molecule has 0 radical (unpaired) electrons. The Kier molecular flexibility index (Phi) is 6.40. The zero-order valence-electron chi connectivity index (χ0n) is 19.4. The third-order valence-electron chi connectivity index (χ3n) is 7.27. The van der Waals surface area contributed by atoms with Crippen molar-refractivity contribution in [3.05, 3.63) is 29.8 Å². The summed E-state index contributed by atoms with van der Waals surface area (Å²) in [6.07, 6.45) is 6.05. The highest BCUT2D eigenvalue weighted by molar-refractivity contribution is 7.23. The van der Waals surface area contributed by atoms with Gasteiger partial charge >= 0.3 is 6.03 Å². The maximum Gasteiger partial charge on any atom is 0.319 e. The van der Waals surface area contributed by atoms with E-state index in [0.717, 1.165) is 22.3 Å². The molecule has 180 valence electrons. The van der Waals surface area contributed by atoms with Crippen molar-refractivity contribution in [2.24, 2.45) is 16.8 Å². The van der Waals surface area contributed by atoms with Crippen LogP contribution in [0.4, 0.5) is 9.80 Å². The van der Waals surface area contributed by atoms with Crippen molar-refractivity contribution in [3.63, 3.8) is 0 Å². The summed E-state index contributed by atoms with van der Waals surface area (Å²) in [7, 11) is 0. The number of thiophene rings is 1. The monoisotopic (exact) mass is 481 g/mol. The van der Waals surface area contributed by atoms with E-state index in [1.807, 2.05) is 31.2 Å². The zero-order chi connectivity index (χ0) is 23.7. The number of Topliss-reactive ketones (excluding diaryl/α,β-unsaturated/α-hetero) is 1. The zero-order valence-corrected chi connectivity index (χ0v) is 20.2. The van der Waals surface area contributed by atoms with Crippen molar-refractivity contribution in [3.8, 4) is 0 Å². The average Bonchev–Trinajstić information content (AvgIpc) is 3.52. The Bertz CT molecular complexity index is 1150. The summed E-state index contributed by atoms with van der Waals surface area (Å²) in [4.78, 5) is 44.7. The number of carbonyl (C=O) groups is 3. The summed E-state index contributed by atoms with van der Waals surface area (Å²) in [5.41, 5.74) is -0.630. The van der Waals surface area contributed by atoms with Crippen molar-refractivity contribution in [1.29, 1.82) is 0 Å². The van der Waals surface area contributed by atoms with E-state index in [0.29, 0.717) is 42.5 Å². The first kappa shape index (κ1) is 23.0. The third-order valence-corrected chi connectivity index (χ3v) is 8.36. The van der Waals surface area contributed by atoms with Crippen LogP contribution in [0.25, 0.3) is 10.1 Å². The quantitative estimate of drug-likeness (QED) is 0.472. The number of nitrogens with zero attached hydrogens (tertiary/aromatic N) is 1. The third kappa shape index (κ3) is 4.11. The van der Waals surface area contributed by atoms with Crippen molar-refractivity contribution in [2.45, 2.75) is 51.0 Å². The number of benzene rings is 1. The highest BCUT2D eigenvalue weighted by Gasteiger charge is 2.54. The molecule has 3 aliphatic rings. The van der Waals surface area contributed by atoms with Gasteiger partial charge in [-0.1, -0.05) is 43.9 Å². The van der Waals surface area contributed by atoms with Gasteiger partial charge in [-0.25, -0.2) is 4.79 Å². The van der Waals surface area contributed by atoms with E-state index >= 15 is 0 Å². The summed E-state index contributed by atoms with van der Waals surface area (Å²) in [5, 5.41) is 13.2. The number of amides is 3. The molecular weight excluding hydrogens is 450 g/mol. The number of fused-ring (bicyclic) bond motifs is 1. The van der Waals surface area contributed by atoms with Gasteiger partial charge in [0.05, 0.1) is 11.5 Å². The average molecular weight is 482 g/mol. The predicted molar refractivity (Wildman–Crippen MR) is 135 cm³/mol. The van der Waals surface area contributed by atoms with Crippen molar-refractivity contribution >= 4 is 50.0 Å². The van der Waals surface area contributed by atoms with Gasteiger partial charge in [0.25, 0.3) is 5.91 Å². The van der Waals surface area contributed by atoms with Crippen LogP contribution in [-0.2, 0) is 4.79 Å². The number of anilines is 1. The van der Waals surface area contributed by atoms with Crippen molar-refractivity contribution in [2.75, 3.05) is 25.0 Å². The Hall–Kier alpha value is -2.78. The van der Waals surface area contributed by atoms with Crippen LogP contribution in [0, 0.1) is 11.8 Å². The van der Waals surface area contributed by atoms with Crippen LogP contribution in [0.1, 0.15) is 55.8 Å². The van der Waals surface area contributed by atoms with Gasteiger partial charge in [0.1, 0.15) is 10.8 Å². The number of ketones is 1. The molecule has 1 aromatic heterocycles. The molecule has 5 rings (SSSR count). The number of piperidine rings is 1. The Labute approximate surface area is 203 Å². The molecule has 1 spiro atoms. The standard InChI is InChI=1S/C25H31N5O3S/c1-2-27-24(33)29-22-20(16-9-5-6-10-18(16)34-22)21(31)17-14-26-12-11-25(17)23(32)28-19(30-25)13-15-7-3-4-8-15/h5-6,9-10,15,17,26H,2-4,7-8,11-14H2,1H3,(H2,27,29,33)(H,28,30,32). The van der Waals surface area contributed by atoms with Crippen LogP contribution in [0.3, 0.4) is 0 Å². The minimum absolute atomic E-state index is 0.155. The molecule has 2 aromatic rings. The fourth-order valence-corrected chi connectivity index (χ4v) is 6.69. The highest BCUT2D eigenvalue weighted by Crippen LogP contribution is 2.42. The van der Waals surface area contributed by atoms with Gasteiger partial charge in [-0.2, -0.15) is 0 Å². The molecule has 1 saturated heterocycles. The lowest BCUT2D eigenvalue weighted by Gasteiger charge is -2.36. The Morgan fingerprint density at radius 3 is 2.82 bits per heavy atom. The lowest BCUT2D eigenvalue weighted by atomic mass is 9.74. The smallest absolute Gasteiger partial charge is 0.319 e. The van der Waals surface area contributed by atoms with Crippen LogP contribution in [0.5, 0.6) is 0 Å². The molecule has 34 heavy (non-hydrogen) atoms. The van der Waals surface area contributed by atoms with Gasteiger partial charge in [-0.15, -0.1) is 11.3 Å². The normalized spacial score (nSPS) is 24.9. The highest BCUT2D eigenvalue weighted by atomic mass is 32.1. The molecule has 1 saturated carbocycles. The lowest BCUT2D eigenvalue weighted by molar-refractivity contribution is -0.125. The summed E-state index contributed by atoms with van der Waals surface area (Å²) in [6, 6.07) is 7.28. The molecule has 1 aliphatic carbocycles. The maximum atomic E-state index is 14.1. The molecule has 2 fully saturated rings. The minimum atomic E-state index is -1.09. The Morgan fingerprint density at radius 1 is 1.24 bits per heavy atom. The van der Waals surface area contributed by atoms with E-state index in [1.54, 1.807) is 0 Å². The van der Waals surface area contributed by atoms with Gasteiger partial charge < -0.3 is 16.0 Å². The second-order valence-electron chi connectivity index (χ2n) is 9.45. The minimum Gasteiger partial charge on any atom is -0.338 e. The number of urea groups is 1. The summed E-state index contributed by atoms with van der Waals surface area (Å²) in [6.45, 7) is 3.32. The number of hydrogen-bond acceptors (Lipinski definition) is 6. The lowest BCUT2D eigenvalue weighted by Crippen LogP contribution is -2.57. The summed E-state index contributed by atoms with van der Waals surface area (Å²) >= 11 is 1.37. The number of amidine groups is 1. The van der Waals surface area contributed by atoms with Gasteiger partial charge in [0.15, 0.2) is 11.3 Å². The number of nitrogens with one attached hydrogen (secondary N) is 4. The molecule has 3 amide bonds. The number of rotatable bonds is 6. The van der Waals surface area contributed by atoms with E-state index in [9.17, 15) is 14.4 Å². The topological polar surface area (TPSA) is 112 Å². The van der Waals surface area contributed by atoms with Crippen LogP contribution in [-0.4, -0.2) is 48.7 Å². The fourth-order valence-electron chi connectivity index (χ4n) is 5.59. The second kappa shape index (κ2) is 9.46. The molecular formula is C25H31N5O3S. The SMILES string of the molecule is CCNC(=O)Nc1sc2ccccc2c1C(=O)C1CNCCC12N=C(CC1CCCC1)NC2=O. The summed E-state index contributed by atoms with van der Waals surface area (Å²) in [5.74, 6) is 0.317. The second-order valence-corrected chi connectivity index (χ2v) is 10.5. The van der Waals surface area contributed by atoms with Gasteiger partial charge in [0, 0.05) is 29.6 Å². The van der Waals surface area contributed by atoms with E-state index < -0.39 is 11.5 Å². The molecule has 2 aliphatic heterocycles. The molecule has 0 bridgehead atoms. The van der Waals surface area contributed by atoms with Crippen LogP contribution >= 0.6 is 11.3 Å².